The molecule has 5 rings (SSSR count). The number of carbonyl (C=O) groups excluding carboxylic acids is 1. The fourth-order valence-corrected chi connectivity index (χ4v) is 6.85. The van der Waals surface area contributed by atoms with E-state index >= 15 is 0 Å². The number of piperidine rings is 2. The van der Waals surface area contributed by atoms with Crippen LogP contribution in [0, 0.1) is 11.8 Å². The summed E-state index contributed by atoms with van der Waals surface area (Å²) in [5.74, 6) is 1.30. The lowest BCUT2D eigenvalue weighted by atomic mass is 9.74. The summed E-state index contributed by atoms with van der Waals surface area (Å²) in [6.07, 6.45) is 6.51. The molecule has 0 radical (unpaired) electrons. The van der Waals surface area contributed by atoms with Crippen LogP contribution in [-0.4, -0.2) is 57.9 Å². The first-order valence-corrected chi connectivity index (χ1v) is 11.1. The molecule has 152 valence electrons. The highest BCUT2D eigenvalue weighted by molar-refractivity contribution is 5.70. The summed E-state index contributed by atoms with van der Waals surface area (Å²) in [7, 11) is 0. The van der Waals surface area contributed by atoms with Crippen molar-refractivity contribution in [2.75, 3.05) is 6.61 Å². The van der Waals surface area contributed by atoms with Crippen molar-refractivity contribution in [2.24, 2.45) is 11.8 Å². The maximum Gasteiger partial charge on any atom is 0.410 e. The number of fused-ring (bicyclic) bond motifs is 2. The first-order valence-electron chi connectivity index (χ1n) is 11.1. The SMILES string of the molecule is CCOC(=O)N1C2CC3CC1[C@H](O)C2N(Cc1ccccc1)C3C1CCCC1. The van der Waals surface area contributed by atoms with Crippen molar-refractivity contribution < 1.29 is 14.6 Å². The molecule has 5 heteroatoms. The summed E-state index contributed by atoms with van der Waals surface area (Å²) in [5.41, 5.74) is 1.30. The number of nitrogens with zero attached hydrogens (tertiary/aromatic N) is 2. The number of hydrogen-bond acceptors (Lipinski definition) is 4. The predicted octanol–water partition coefficient (Wildman–Crippen LogP) is 3.41. The van der Waals surface area contributed by atoms with E-state index in [4.69, 9.17) is 4.74 Å². The quantitative estimate of drug-likeness (QED) is 0.864. The van der Waals surface area contributed by atoms with Crippen molar-refractivity contribution in [3.8, 4) is 0 Å². The molecular formula is C23H32N2O3. The largest absolute Gasteiger partial charge is 0.450 e. The van der Waals surface area contributed by atoms with Crippen LogP contribution in [-0.2, 0) is 11.3 Å². The highest BCUT2D eigenvalue weighted by Gasteiger charge is 2.63. The van der Waals surface area contributed by atoms with Gasteiger partial charge in [0, 0.05) is 12.6 Å². The van der Waals surface area contributed by atoms with Gasteiger partial charge in [-0.25, -0.2) is 4.79 Å². The second kappa shape index (κ2) is 7.34. The third kappa shape index (κ3) is 2.86. The molecule has 4 aliphatic rings. The predicted molar refractivity (Wildman–Crippen MR) is 107 cm³/mol. The summed E-state index contributed by atoms with van der Waals surface area (Å²) in [6, 6.07) is 11.2. The molecule has 3 bridgehead atoms. The van der Waals surface area contributed by atoms with E-state index in [9.17, 15) is 9.90 Å². The molecule has 3 heterocycles. The fraction of sp³-hybridized carbons (Fsp3) is 0.696. The average Bonchev–Trinajstić information content (AvgIpc) is 3.26. The first-order chi connectivity index (χ1) is 13.7. The number of aliphatic hydroxyl groups excluding tert-OH is 1. The third-order valence-corrected chi connectivity index (χ3v) is 7.76. The molecule has 1 amide bonds. The Balaban J connectivity index is 1.49. The zero-order valence-corrected chi connectivity index (χ0v) is 16.7. The number of benzene rings is 1. The van der Waals surface area contributed by atoms with Gasteiger partial charge in [-0.3, -0.25) is 9.80 Å². The van der Waals surface area contributed by atoms with Gasteiger partial charge < -0.3 is 9.84 Å². The van der Waals surface area contributed by atoms with Gasteiger partial charge >= 0.3 is 6.09 Å². The van der Waals surface area contributed by atoms with Crippen LogP contribution < -0.4 is 0 Å². The Bertz CT molecular complexity index is 705. The fourth-order valence-electron chi connectivity index (χ4n) is 6.85. The van der Waals surface area contributed by atoms with Crippen molar-refractivity contribution in [3.63, 3.8) is 0 Å². The van der Waals surface area contributed by atoms with Gasteiger partial charge in [0.15, 0.2) is 0 Å². The van der Waals surface area contributed by atoms with E-state index < -0.39 is 6.10 Å². The highest BCUT2D eigenvalue weighted by Crippen LogP contribution is 2.52. The van der Waals surface area contributed by atoms with Crippen LogP contribution in [0.5, 0.6) is 0 Å². The summed E-state index contributed by atoms with van der Waals surface area (Å²) in [4.78, 5) is 17.1. The maximum atomic E-state index is 12.7. The van der Waals surface area contributed by atoms with Gasteiger partial charge in [-0.1, -0.05) is 43.2 Å². The van der Waals surface area contributed by atoms with E-state index in [2.05, 4.69) is 35.2 Å². The molecule has 1 N–H and O–H groups in total. The van der Waals surface area contributed by atoms with E-state index in [0.29, 0.717) is 18.6 Å². The van der Waals surface area contributed by atoms with Crippen molar-refractivity contribution in [1.29, 1.82) is 0 Å². The van der Waals surface area contributed by atoms with Crippen LogP contribution in [0.2, 0.25) is 0 Å². The average molecular weight is 385 g/mol. The molecular weight excluding hydrogens is 352 g/mol. The lowest BCUT2D eigenvalue weighted by Crippen LogP contribution is -2.63. The molecule has 1 aromatic carbocycles. The second-order valence-electron chi connectivity index (χ2n) is 9.15. The monoisotopic (exact) mass is 384 g/mol. The van der Waals surface area contributed by atoms with Crippen LogP contribution in [0.15, 0.2) is 30.3 Å². The minimum Gasteiger partial charge on any atom is -0.450 e. The second-order valence-corrected chi connectivity index (χ2v) is 9.15. The molecule has 5 unspecified atom stereocenters. The molecule has 3 aliphatic heterocycles. The normalized spacial score (nSPS) is 37.6. The Morgan fingerprint density at radius 1 is 1.07 bits per heavy atom. The molecule has 4 fully saturated rings. The van der Waals surface area contributed by atoms with E-state index in [1.807, 2.05) is 11.8 Å². The Hall–Kier alpha value is -1.59. The van der Waals surface area contributed by atoms with E-state index in [1.54, 1.807) is 0 Å². The molecule has 6 atom stereocenters. The molecule has 1 aromatic rings. The zero-order valence-electron chi connectivity index (χ0n) is 16.7. The zero-order chi connectivity index (χ0) is 19.3. The number of hydrogen-bond donors (Lipinski definition) is 1. The van der Waals surface area contributed by atoms with Gasteiger partial charge in [-0.05, 0) is 50.0 Å². The first kappa shape index (κ1) is 18.4. The lowest BCUT2D eigenvalue weighted by molar-refractivity contribution is -0.0525. The van der Waals surface area contributed by atoms with Gasteiger partial charge in [-0.2, -0.15) is 0 Å². The molecule has 1 aliphatic carbocycles. The van der Waals surface area contributed by atoms with Crippen LogP contribution >= 0.6 is 0 Å². The Labute approximate surface area is 167 Å². The topological polar surface area (TPSA) is 53.0 Å². The Kier molecular flexibility index (Phi) is 4.84. The number of amides is 1. The van der Waals surface area contributed by atoms with E-state index in [1.165, 1.54) is 31.2 Å². The van der Waals surface area contributed by atoms with Crippen LogP contribution in [0.4, 0.5) is 4.79 Å². The number of likely N-dealkylation sites (tertiary alicyclic amines) is 1. The molecule has 1 saturated carbocycles. The minimum atomic E-state index is -0.477. The van der Waals surface area contributed by atoms with Crippen molar-refractivity contribution in [2.45, 2.75) is 82.3 Å². The van der Waals surface area contributed by atoms with E-state index in [0.717, 1.165) is 25.3 Å². The summed E-state index contributed by atoms with van der Waals surface area (Å²) in [5, 5.41) is 11.3. The summed E-state index contributed by atoms with van der Waals surface area (Å²) >= 11 is 0. The van der Waals surface area contributed by atoms with E-state index in [-0.39, 0.29) is 24.2 Å². The molecule has 5 nitrogen and oxygen atoms in total. The van der Waals surface area contributed by atoms with Gasteiger partial charge in [-0.15, -0.1) is 0 Å². The van der Waals surface area contributed by atoms with Gasteiger partial charge in [0.1, 0.15) is 0 Å². The maximum absolute atomic E-state index is 12.7. The molecule has 0 aromatic heterocycles. The summed E-state index contributed by atoms with van der Waals surface area (Å²) < 4.78 is 5.36. The third-order valence-electron chi connectivity index (χ3n) is 7.76. The van der Waals surface area contributed by atoms with Crippen LogP contribution in [0.25, 0.3) is 0 Å². The number of rotatable bonds is 4. The summed E-state index contributed by atoms with van der Waals surface area (Å²) in [6.45, 7) is 3.10. The van der Waals surface area contributed by atoms with Crippen molar-refractivity contribution in [1.82, 2.24) is 9.80 Å². The molecule has 3 saturated heterocycles. The molecule has 0 spiro atoms. The van der Waals surface area contributed by atoms with Crippen molar-refractivity contribution >= 4 is 6.09 Å². The smallest absolute Gasteiger partial charge is 0.410 e. The van der Waals surface area contributed by atoms with Gasteiger partial charge in [0.05, 0.1) is 30.8 Å². The highest BCUT2D eigenvalue weighted by atomic mass is 16.6. The van der Waals surface area contributed by atoms with Crippen LogP contribution in [0.3, 0.4) is 0 Å². The Morgan fingerprint density at radius 2 is 1.79 bits per heavy atom. The lowest BCUT2D eigenvalue weighted by Gasteiger charge is -2.53. The van der Waals surface area contributed by atoms with Crippen LogP contribution in [0.1, 0.15) is 51.0 Å². The number of aliphatic hydroxyl groups is 1. The van der Waals surface area contributed by atoms with Crippen molar-refractivity contribution in [3.05, 3.63) is 35.9 Å². The van der Waals surface area contributed by atoms with Gasteiger partial charge in [0.25, 0.3) is 0 Å². The standard InChI is InChI=1S/C23H32N2O3/c1-2-28-23(27)25-18-12-17-13-19(25)22(26)21(18)24(14-15-8-4-3-5-9-15)20(17)16-10-6-7-11-16/h3-5,8-9,16-22,26H,2,6-7,10-14H2,1H3/t17?,18?,19?,20?,21?,22-/m0/s1. The number of carbonyl (C=O) groups is 1. The minimum absolute atomic E-state index is 0.0268. The number of ether oxygens (including phenoxy) is 1. The molecule has 28 heavy (non-hydrogen) atoms. The van der Waals surface area contributed by atoms with Gasteiger partial charge in [0.2, 0.25) is 0 Å². The Morgan fingerprint density at radius 3 is 2.50 bits per heavy atom.